The fourth-order valence-electron chi connectivity index (χ4n) is 3.51. The van der Waals surface area contributed by atoms with E-state index in [4.69, 9.17) is 10.5 Å². The van der Waals surface area contributed by atoms with E-state index in [0.717, 1.165) is 25.7 Å². The van der Waals surface area contributed by atoms with Gasteiger partial charge in [0.2, 0.25) is 0 Å². The van der Waals surface area contributed by atoms with Crippen molar-refractivity contribution in [2.75, 3.05) is 0 Å². The third kappa shape index (κ3) is 6.05. The maximum atomic E-state index is 15.0. The molecule has 1 aliphatic carbocycles. The summed E-state index contributed by atoms with van der Waals surface area (Å²) in [6.45, 7) is 1.99. The molecule has 3 rings (SSSR count). The van der Waals surface area contributed by atoms with Crippen LogP contribution in [0.5, 0.6) is 11.5 Å². The van der Waals surface area contributed by atoms with Gasteiger partial charge in [0.1, 0.15) is 5.75 Å². The molecule has 1 atom stereocenters. The molecule has 7 heteroatoms. The summed E-state index contributed by atoms with van der Waals surface area (Å²) in [7, 11) is 0. The fraction of sp³-hybridized carbons (Fsp3) is 0.429. The molecule has 1 aliphatic rings. The maximum absolute atomic E-state index is 15.0. The van der Waals surface area contributed by atoms with Crippen molar-refractivity contribution in [3.05, 3.63) is 59.7 Å². The van der Waals surface area contributed by atoms with Crippen LogP contribution < -0.4 is 15.8 Å². The van der Waals surface area contributed by atoms with E-state index in [2.05, 4.69) is 5.32 Å². The largest absolute Gasteiger partial charge is 0.451 e. The van der Waals surface area contributed by atoms with Gasteiger partial charge in [-0.3, -0.25) is 0 Å². The zero-order chi connectivity index (χ0) is 18.5. The van der Waals surface area contributed by atoms with E-state index in [-0.39, 0.29) is 42.6 Å². The van der Waals surface area contributed by atoms with E-state index in [1.807, 2.05) is 13.0 Å². The number of benzene rings is 2. The zero-order valence-electron chi connectivity index (χ0n) is 15.9. The van der Waals surface area contributed by atoms with Crippen LogP contribution in [0.15, 0.2) is 42.5 Å². The summed E-state index contributed by atoms with van der Waals surface area (Å²) >= 11 is 0. The topological polar surface area (TPSA) is 47.3 Å². The Labute approximate surface area is 177 Å². The Morgan fingerprint density at radius 1 is 1.04 bits per heavy atom. The van der Waals surface area contributed by atoms with Crippen LogP contribution in [0.1, 0.15) is 50.6 Å². The van der Waals surface area contributed by atoms with Gasteiger partial charge in [-0.25, -0.2) is 8.78 Å². The molecule has 1 unspecified atom stereocenters. The van der Waals surface area contributed by atoms with Crippen LogP contribution in [0.2, 0.25) is 0 Å². The molecule has 0 aromatic heterocycles. The summed E-state index contributed by atoms with van der Waals surface area (Å²) in [6, 6.07) is 11.9. The third-order valence-electron chi connectivity index (χ3n) is 5.03. The van der Waals surface area contributed by atoms with Gasteiger partial charge in [0.25, 0.3) is 0 Å². The first kappa shape index (κ1) is 24.6. The van der Waals surface area contributed by atoms with Gasteiger partial charge in [-0.05, 0) is 50.3 Å². The van der Waals surface area contributed by atoms with Crippen LogP contribution in [0.25, 0.3) is 0 Å². The molecule has 156 valence electrons. The minimum atomic E-state index is -0.700. The molecular formula is C21H28Cl2F2N2O. The van der Waals surface area contributed by atoms with Crippen molar-refractivity contribution in [2.24, 2.45) is 5.73 Å². The lowest BCUT2D eigenvalue weighted by atomic mass is 9.90. The first-order valence-corrected chi connectivity index (χ1v) is 9.31. The number of hydrogen-bond donors (Lipinski definition) is 2. The van der Waals surface area contributed by atoms with Gasteiger partial charge in [-0.2, -0.15) is 0 Å². The van der Waals surface area contributed by atoms with Crippen molar-refractivity contribution < 1.29 is 13.5 Å². The lowest BCUT2D eigenvalue weighted by Crippen LogP contribution is -2.39. The van der Waals surface area contributed by atoms with Gasteiger partial charge in [0.15, 0.2) is 17.4 Å². The second-order valence-electron chi connectivity index (χ2n) is 6.93. The van der Waals surface area contributed by atoms with Crippen LogP contribution in [-0.4, -0.2) is 12.1 Å². The molecule has 0 saturated heterocycles. The molecule has 2 aromatic carbocycles. The van der Waals surface area contributed by atoms with Gasteiger partial charge in [0, 0.05) is 23.7 Å². The van der Waals surface area contributed by atoms with E-state index >= 15 is 4.39 Å². The van der Waals surface area contributed by atoms with Crippen molar-refractivity contribution in [1.29, 1.82) is 0 Å². The lowest BCUT2D eigenvalue weighted by molar-refractivity contribution is 0.307. The first-order valence-electron chi connectivity index (χ1n) is 9.31. The van der Waals surface area contributed by atoms with Gasteiger partial charge >= 0.3 is 0 Å². The second kappa shape index (κ2) is 11.6. The minimum absolute atomic E-state index is 0. The highest BCUT2D eigenvalue weighted by Crippen LogP contribution is 2.33. The molecule has 0 amide bonds. The molecule has 0 radical (unpaired) electrons. The summed E-state index contributed by atoms with van der Waals surface area (Å²) in [6.07, 6.45) is 4.61. The van der Waals surface area contributed by atoms with Crippen molar-refractivity contribution in [3.63, 3.8) is 0 Å². The number of nitrogens with two attached hydrogens (primary N) is 1. The van der Waals surface area contributed by atoms with Gasteiger partial charge < -0.3 is 15.8 Å². The Balaban J connectivity index is 0.00000196. The van der Waals surface area contributed by atoms with Crippen LogP contribution in [0, 0.1) is 11.6 Å². The Kier molecular flexibility index (Phi) is 10.2. The second-order valence-corrected chi connectivity index (χ2v) is 6.93. The molecule has 0 aliphatic heterocycles. The molecule has 2 aromatic rings. The van der Waals surface area contributed by atoms with Crippen molar-refractivity contribution >= 4 is 24.8 Å². The van der Waals surface area contributed by atoms with E-state index in [1.165, 1.54) is 12.1 Å². The summed E-state index contributed by atoms with van der Waals surface area (Å²) in [5.41, 5.74) is 6.40. The Morgan fingerprint density at radius 2 is 1.68 bits per heavy atom. The molecular weight excluding hydrogens is 405 g/mol. The number of ether oxygens (including phenoxy) is 1. The Morgan fingerprint density at radius 3 is 2.29 bits per heavy atom. The standard InChI is InChI=1S/C21H26F2N2O.2ClH/c1-2-19(25-15-10-8-14(24)9-11-15)17-12-13-18(22)21(20(17)23)26-16-6-4-3-5-7-16;;/h3-7,12-15,19,25H,2,8-11,24H2,1H3;2*1H. The van der Waals surface area contributed by atoms with E-state index < -0.39 is 11.6 Å². The predicted molar refractivity (Wildman–Crippen MR) is 114 cm³/mol. The molecule has 28 heavy (non-hydrogen) atoms. The number of halogens is 4. The van der Waals surface area contributed by atoms with Crippen LogP contribution in [0.3, 0.4) is 0 Å². The first-order chi connectivity index (χ1) is 12.6. The van der Waals surface area contributed by atoms with E-state index in [1.54, 1.807) is 24.3 Å². The highest BCUT2D eigenvalue weighted by atomic mass is 35.5. The molecule has 1 fully saturated rings. The van der Waals surface area contributed by atoms with Gasteiger partial charge in [-0.1, -0.05) is 31.2 Å². The fourth-order valence-corrected chi connectivity index (χ4v) is 3.51. The average Bonchev–Trinajstić information content (AvgIpc) is 2.66. The predicted octanol–water partition coefficient (Wildman–Crippen LogP) is 5.91. The van der Waals surface area contributed by atoms with Gasteiger partial charge in [-0.15, -0.1) is 24.8 Å². The molecule has 0 heterocycles. The zero-order valence-corrected chi connectivity index (χ0v) is 17.5. The SMILES string of the molecule is CCC(NC1CCC(N)CC1)c1ccc(F)c(Oc2ccccc2)c1F.Cl.Cl. The van der Waals surface area contributed by atoms with Crippen LogP contribution in [-0.2, 0) is 0 Å². The Bertz CT molecular complexity index is 726. The number of nitrogens with one attached hydrogen (secondary N) is 1. The van der Waals surface area contributed by atoms with Crippen LogP contribution >= 0.6 is 24.8 Å². The molecule has 0 bridgehead atoms. The Hall–Kier alpha value is -1.40. The normalized spacial score (nSPS) is 19.9. The van der Waals surface area contributed by atoms with E-state index in [9.17, 15) is 4.39 Å². The maximum Gasteiger partial charge on any atom is 0.198 e. The summed E-state index contributed by atoms with van der Waals surface area (Å²) in [5, 5.41) is 3.52. The third-order valence-corrected chi connectivity index (χ3v) is 5.03. The van der Waals surface area contributed by atoms with Crippen LogP contribution in [0.4, 0.5) is 8.78 Å². The van der Waals surface area contributed by atoms with Crippen molar-refractivity contribution in [2.45, 2.75) is 57.2 Å². The molecule has 0 spiro atoms. The van der Waals surface area contributed by atoms with Crippen molar-refractivity contribution in [3.8, 4) is 11.5 Å². The van der Waals surface area contributed by atoms with Gasteiger partial charge in [0.05, 0.1) is 0 Å². The molecule has 1 saturated carbocycles. The summed E-state index contributed by atoms with van der Waals surface area (Å²) in [4.78, 5) is 0. The quantitative estimate of drug-likeness (QED) is 0.595. The minimum Gasteiger partial charge on any atom is -0.451 e. The monoisotopic (exact) mass is 432 g/mol. The number of rotatable bonds is 6. The number of hydrogen-bond acceptors (Lipinski definition) is 3. The molecule has 3 nitrogen and oxygen atoms in total. The van der Waals surface area contributed by atoms with Crippen molar-refractivity contribution in [1.82, 2.24) is 5.32 Å². The average molecular weight is 433 g/mol. The summed E-state index contributed by atoms with van der Waals surface area (Å²) < 4.78 is 34.7. The van der Waals surface area contributed by atoms with E-state index in [0.29, 0.717) is 23.8 Å². The highest BCUT2D eigenvalue weighted by molar-refractivity contribution is 5.85. The lowest BCUT2D eigenvalue weighted by Gasteiger charge is -2.31. The number of para-hydroxylation sites is 1. The summed E-state index contributed by atoms with van der Waals surface area (Å²) in [5.74, 6) is -1.28. The molecule has 3 N–H and O–H groups in total. The highest BCUT2D eigenvalue weighted by Gasteiger charge is 2.25. The smallest absolute Gasteiger partial charge is 0.198 e.